The monoisotopic (exact) mass is 355 g/mol. The summed E-state index contributed by atoms with van der Waals surface area (Å²) in [6, 6.07) is 2.12. The highest BCUT2D eigenvalue weighted by Gasteiger charge is 2.40. The van der Waals surface area contributed by atoms with Crippen LogP contribution in [0.25, 0.3) is 0 Å². The minimum absolute atomic E-state index is 0.0161. The Morgan fingerprint density at radius 1 is 1.43 bits per heavy atom. The normalized spacial score (nSPS) is 23.0. The molecule has 3 heterocycles. The Morgan fingerprint density at radius 3 is 2.78 bits per heavy atom. The van der Waals surface area contributed by atoms with E-state index in [9.17, 15) is 13.5 Å². The zero-order valence-corrected chi connectivity index (χ0v) is 14.8. The average molecular weight is 355 g/mol. The van der Waals surface area contributed by atoms with E-state index in [0.717, 1.165) is 5.56 Å². The van der Waals surface area contributed by atoms with E-state index in [2.05, 4.69) is 5.10 Å². The first-order chi connectivity index (χ1) is 10.9. The van der Waals surface area contributed by atoms with Gasteiger partial charge in [0.1, 0.15) is 4.90 Å². The smallest absolute Gasteiger partial charge is 0.246 e. The molecule has 0 saturated carbocycles. The predicted molar refractivity (Wildman–Crippen MR) is 89.0 cm³/mol. The fourth-order valence-corrected chi connectivity index (χ4v) is 5.15. The number of hydrogen-bond donors (Lipinski definition) is 1. The Labute approximate surface area is 140 Å². The molecule has 1 N–H and O–H groups in total. The van der Waals surface area contributed by atoms with Crippen molar-refractivity contribution in [3.8, 4) is 0 Å². The highest BCUT2D eigenvalue weighted by atomic mass is 32.2. The molecule has 1 saturated heterocycles. The first-order valence-electron chi connectivity index (χ1n) is 7.60. The second-order valence-electron chi connectivity index (χ2n) is 6.18. The molecule has 0 aromatic carbocycles. The van der Waals surface area contributed by atoms with Crippen LogP contribution in [0.15, 0.2) is 34.1 Å². The standard InChI is InChI=1S/C15H21N3O3S2/c1-11(2)18-7-14(5-16-18)23(20,21)17-6-13(9-19)15(8-17)12-3-4-22-10-12/h3-5,7,10-11,13,15,19H,6,8-9H2,1-2H3/t13-,15-/m0/s1. The molecule has 0 bridgehead atoms. The van der Waals surface area contributed by atoms with Gasteiger partial charge >= 0.3 is 0 Å². The second-order valence-corrected chi connectivity index (χ2v) is 8.90. The van der Waals surface area contributed by atoms with Crippen molar-refractivity contribution in [2.75, 3.05) is 19.7 Å². The minimum atomic E-state index is -3.58. The molecule has 6 nitrogen and oxygen atoms in total. The summed E-state index contributed by atoms with van der Waals surface area (Å²) in [4.78, 5) is 0.217. The summed E-state index contributed by atoms with van der Waals surface area (Å²) in [5, 5.41) is 17.8. The minimum Gasteiger partial charge on any atom is -0.396 e. The van der Waals surface area contributed by atoms with Crippen molar-refractivity contribution >= 4 is 21.4 Å². The molecule has 0 amide bonds. The number of rotatable bonds is 5. The van der Waals surface area contributed by atoms with Crippen LogP contribution < -0.4 is 0 Å². The Kier molecular flexibility index (Phi) is 4.59. The van der Waals surface area contributed by atoms with Crippen molar-refractivity contribution in [1.29, 1.82) is 0 Å². The number of aromatic nitrogens is 2. The van der Waals surface area contributed by atoms with E-state index in [1.54, 1.807) is 22.2 Å². The van der Waals surface area contributed by atoms with Gasteiger partial charge in [0, 0.05) is 43.8 Å². The van der Waals surface area contributed by atoms with Gasteiger partial charge in [-0.15, -0.1) is 0 Å². The molecule has 3 rings (SSSR count). The molecule has 1 fully saturated rings. The summed E-state index contributed by atoms with van der Waals surface area (Å²) in [5.41, 5.74) is 1.10. The maximum atomic E-state index is 12.8. The topological polar surface area (TPSA) is 75.4 Å². The van der Waals surface area contributed by atoms with Crippen LogP contribution in [-0.2, 0) is 10.0 Å². The Bertz CT molecular complexity index is 753. The van der Waals surface area contributed by atoms with Crippen LogP contribution >= 0.6 is 11.3 Å². The van der Waals surface area contributed by atoms with E-state index >= 15 is 0 Å². The lowest BCUT2D eigenvalue weighted by molar-refractivity contribution is 0.223. The van der Waals surface area contributed by atoms with Gasteiger partial charge in [-0.3, -0.25) is 4.68 Å². The van der Waals surface area contributed by atoms with Crippen LogP contribution in [0.3, 0.4) is 0 Å². The van der Waals surface area contributed by atoms with Crippen LogP contribution in [0.4, 0.5) is 0 Å². The van der Waals surface area contributed by atoms with Gasteiger partial charge in [-0.2, -0.15) is 20.7 Å². The lowest BCUT2D eigenvalue weighted by atomic mass is 9.92. The number of aliphatic hydroxyl groups excluding tert-OH is 1. The quantitative estimate of drug-likeness (QED) is 0.889. The van der Waals surface area contributed by atoms with Crippen molar-refractivity contribution in [3.05, 3.63) is 34.8 Å². The SMILES string of the molecule is CC(C)n1cc(S(=O)(=O)N2C[C@@H](CO)[C@H](c3ccsc3)C2)cn1. The number of nitrogens with zero attached hydrogens (tertiary/aromatic N) is 3. The molecule has 8 heteroatoms. The number of thiophene rings is 1. The van der Waals surface area contributed by atoms with Gasteiger partial charge in [-0.1, -0.05) is 0 Å². The highest BCUT2D eigenvalue weighted by Crippen LogP contribution is 2.36. The number of aliphatic hydroxyl groups is 1. The lowest BCUT2D eigenvalue weighted by Gasteiger charge is -2.15. The molecule has 1 aliphatic rings. The van der Waals surface area contributed by atoms with Gasteiger partial charge in [0.2, 0.25) is 10.0 Å². The molecule has 2 aromatic heterocycles. The molecule has 0 radical (unpaired) electrons. The van der Waals surface area contributed by atoms with Gasteiger partial charge in [-0.25, -0.2) is 8.42 Å². The van der Waals surface area contributed by atoms with Gasteiger partial charge in [-0.05, 0) is 36.2 Å². The Hall–Kier alpha value is -1.22. The molecule has 0 unspecified atom stereocenters. The van der Waals surface area contributed by atoms with Crippen LogP contribution in [0.5, 0.6) is 0 Å². The van der Waals surface area contributed by atoms with Crippen LogP contribution in [0, 0.1) is 5.92 Å². The van der Waals surface area contributed by atoms with E-state index in [1.165, 1.54) is 10.5 Å². The molecular formula is C15H21N3O3S2. The van der Waals surface area contributed by atoms with Gasteiger partial charge < -0.3 is 5.11 Å². The molecule has 0 spiro atoms. The van der Waals surface area contributed by atoms with Crippen molar-refractivity contribution in [2.24, 2.45) is 5.92 Å². The van der Waals surface area contributed by atoms with E-state index in [-0.39, 0.29) is 29.4 Å². The van der Waals surface area contributed by atoms with Crippen LogP contribution in [0.2, 0.25) is 0 Å². The third-order valence-electron chi connectivity index (χ3n) is 4.36. The van der Waals surface area contributed by atoms with Gasteiger partial charge in [0.15, 0.2) is 0 Å². The third kappa shape index (κ3) is 3.08. The summed E-state index contributed by atoms with van der Waals surface area (Å²) in [7, 11) is -3.58. The first-order valence-corrected chi connectivity index (χ1v) is 9.99. The fraction of sp³-hybridized carbons (Fsp3) is 0.533. The third-order valence-corrected chi connectivity index (χ3v) is 6.84. The van der Waals surface area contributed by atoms with Crippen LogP contribution in [0.1, 0.15) is 31.4 Å². The Balaban J connectivity index is 1.86. The predicted octanol–water partition coefficient (Wildman–Crippen LogP) is 1.92. The van der Waals surface area contributed by atoms with Crippen molar-refractivity contribution in [2.45, 2.75) is 30.7 Å². The summed E-state index contributed by atoms with van der Waals surface area (Å²) in [6.45, 7) is 4.63. The lowest BCUT2D eigenvalue weighted by Crippen LogP contribution is -2.29. The zero-order chi connectivity index (χ0) is 16.6. The summed E-state index contributed by atoms with van der Waals surface area (Å²) >= 11 is 1.59. The first kappa shape index (κ1) is 16.6. The fourth-order valence-electron chi connectivity index (χ4n) is 2.96. The molecule has 23 heavy (non-hydrogen) atoms. The van der Waals surface area contributed by atoms with E-state index in [1.807, 2.05) is 30.7 Å². The van der Waals surface area contributed by atoms with E-state index < -0.39 is 10.0 Å². The van der Waals surface area contributed by atoms with Crippen molar-refractivity contribution < 1.29 is 13.5 Å². The Morgan fingerprint density at radius 2 is 2.22 bits per heavy atom. The van der Waals surface area contributed by atoms with Gasteiger partial charge in [0.05, 0.1) is 6.20 Å². The zero-order valence-electron chi connectivity index (χ0n) is 13.2. The largest absolute Gasteiger partial charge is 0.396 e. The summed E-state index contributed by atoms with van der Waals surface area (Å²) in [6.07, 6.45) is 2.98. The molecule has 1 aliphatic heterocycles. The van der Waals surface area contributed by atoms with Crippen molar-refractivity contribution in [1.82, 2.24) is 14.1 Å². The van der Waals surface area contributed by atoms with Crippen molar-refractivity contribution in [3.63, 3.8) is 0 Å². The maximum absolute atomic E-state index is 12.8. The molecule has 2 atom stereocenters. The number of hydrogen-bond acceptors (Lipinski definition) is 5. The van der Waals surface area contributed by atoms with E-state index in [0.29, 0.717) is 13.1 Å². The molecular weight excluding hydrogens is 334 g/mol. The summed E-state index contributed by atoms with van der Waals surface area (Å²) < 4.78 is 28.8. The maximum Gasteiger partial charge on any atom is 0.246 e. The molecule has 2 aromatic rings. The molecule has 126 valence electrons. The van der Waals surface area contributed by atoms with Gasteiger partial charge in [0.25, 0.3) is 0 Å². The van der Waals surface area contributed by atoms with E-state index in [4.69, 9.17) is 0 Å². The summed E-state index contributed by atoms with van der Waals surface area (Å²) in [5.74, 6) is -0.0271. The van der Waals surface area contributed by atoms with Crippen LogP contribution in [-0.4, -0.2) is 47.3 Å². The highest BCUT2D eigenvalue weighted by molar-refractivity contribution is 7.89. The average Bonchev–Trinajstić information content (AvgIpc) is 3.25. The molecule has 0 aliphatic carbocycles. The number of sulfonamides is 1. The second kappa shape index (κ2) is 6.35.